The van der Waals surface area contributed by atoms with Crippen LogP contribution in [0.5, 0.6) is 0 Å². The lowest BCUT2D eigenvalue weighted by Crippen LogP contribution is -2.42. The molecule has 0 saturated heterocycles. The number of hydrogen-bond donors (Lipinski definition) is 0. The summed E-state index contributed by atoms with van der Waals surface area (Å²) in [6.07, 6.45) is -1.67. The normalized spacial score (nSPS) is 16.3. The predicted octanol–water partition coefficient (Wildman–Crippen LogP) is 4.24. The second-order valence-corrected chi connectivity index (χ2v) is 5.09. The van der Waals surface area contributed by atoms with Crippen LogP contribution in [0.2, 0.25) is 0 Å². The fourth-order valence-corrected chi connectivity index (χ4v) is 2.02. The first-order chi connectivity index (χ1) is 10.8. The fraction of sp³-hybridized carbons (Fsp3) is 0.812. The lowest BCUT2D eigenvalue weighted by molar-refractivity contribution is -0.233. The summed E-state index contributed by atoms with van der Waals surface area (Å²) < 4.78 is 54.6. The Balaban J connectivity index is 5.12. The number of carbonyl (C=O) groups excluding carboxylic acids is 1. The van der Waals surface area contributed by atoms with Crippen LogP contribution in [-0.2, 0) is 19.0 Å². The molecule has 0 radical (unpaired) electrons. The number of hydrogen-bond acceptors (Lipinski definition) is 4. The van der Waals surface area contributed by atoms with Gasteiger partial charge in [-0.2, -0.15) is 13.2 Å². The molecule has 0 aliphatic carbocycles. The molecule has 0 rings (SSSR count). The fourth-order valence-electron chi connectivity index (χ4n) is 2.02. The van der Waals surface area contributed by atoms with E-state index in [1.54, 1.807) is 6.92 Å². The van der Waals surface area contributed by atoms with E-state index in [1.165, 1.54) is 13.0 Å². The van der Waals surface area contributed by atoms with E-state index >= 15 is 0 Å². The molecule has 0 aromatic heterocycles. The van der Waals surface area contributed by atoms with Gasteiger partial charge in [0.15, 0.2) is 12.4 Å². The van der Waals surface area contributed by atoms with Crippen molar-refractivity contribution >= 4 is 5.97 Å². The third-order valence-electron chi connectivity index (χ3n) is 3.20. The van der Waals surface area contributed by atoms with Crippen molar-refractivity contribution in [3.05, 3.63) is 12.2 Å². The quantitative estimate of drug-likeness (QED) is 0.244. The van der Waals surface area contributed by atoms with Crippen molar-refractivity contribution in [3.8, 4) is 0 Å². The van der Waals surface area contributed by atoms with Gasteiger partial charge < -0.3 is 14.2 Å². The van der Waals surface area contributed by atoms with Gasteiger partial charge >= 0.3 is 12.1 Å². The third kappa shape index (κ3) is 8.95. The lowest BCUT2D eigenvalue weighted by Gasteiger charge is -2.27. The highest BCUT2D eigenvalue weighted by Crippen LogP contribution is 2.33. The van der Waals surface area contributed by atoms with Crippen molar-refractivity contribution in [2.75, 3.05) is 13.7 Å². The minimum Gasteiger partial charge on any atom is -0.467 e. The Hall–Kier alpha value is -1.08. The Bertz CT molecular complexity index is 356. The summed E-state index contributed by atoms with van der Waals surface area (Å²) in [6.45, 7) is 5.40. The second-order valence-electron chi connectivity index (χ2n) is 5.09. The van der Waals surface area contributed by atoms with Crippen molar-refractivity contribution in [3.63, 3.8) is 0 Å². The van der Waals surface area contributed by atoms with E-state index in [9.17, 15) is 18.0 Å². The van der Waals surface area contributed by atoms with E-state index in [4.69, 9.17) is 9.47 Å². The molecule has 0 bridgehead atoms. The molecule has 0 spiro atoms. The number of alkyl halides is 3. The smallest absolute Gasteiger partial charge is 0.398 e. The molecule has 0 aromatic carbocycles. The van der Waals surface area contributed by atoms with E-state index in [-0.39, 0.29) is 6.61 Å². The number of esters is 1. The van der Waals surface area contributed by atoms with Gasteiger partial charge in [-0.15, -0.1) is 0 Å². The van der Waals surface area contributed by atoms with Crippen LogP contribution in [0.3, 0.4) is 0 Å². The van der Waals surface area contributed by atoms with Crippen LogP contribution < -0.4 is 0 Å². The molecule has 23 heavy (non-hydrogen) atoms. The maximum atomic E-state index is 13.3. The van der Waals surface area contributed by atoms with Gasteiger partial charge in [0.2, 0.25) is 0 Å². The van der Waals surface area contributed by atoms with Crippen molar-refractivity contribution in [2.24, 2.45) is 5.92 Å². The van der Waals surface area contributed by atoms with Crippen LogP contribution in [0.25, 0.3) is 0 Å². The van der Waals surface area contributed by atoms with Gasteiger partial charge in [0.05, 0.1) is 7.11 Å². The summed E-state index contributed by atoms with van der Waals surface area (Å²) in [5, 5.41) is 0. The number of ether oxygens (including phenoxy) is 3. The second kappa shape index (κ2) is 11.5. The maximum Gasteiger partial charge on any atom is 0.398 e. The van der Waals surface area contributed by atoms with Gasteiger partial charge in [0.25, 0.3) is 0 Å². The number of allylic oxidation sites excluding steroid dienone is 1. The molecular formula is C16H27F3O4. The van der Waals surface area contributed by atoms with Crippen molar-refractivity contribution in [2.45, 2.75) is 65.0 Å². The summed E-state index contributed by atoms with van der Waals surface area (Å²) in [4.78, 5) is 11.7. The van der Waals surface area contributed by atoms with Crippen LogP contribution >= 0.6 is 0 Å². The van der Waals surface area contributed by atoms with Gasteiger partial charge in [0.1, 0.15) is 5.92 Å². The molecule has 1 unspecified atom stereocenters. The lowest BCUT2D eigenvalue weighted by atomic mass is 10.00. The minimum absolute atomic E-state index is 0.263. The van der Waals surface area contributed by atoms with Crippen LogP contribution in [0, 0.1) is 5.92 Å². The molecule has 0 aromatic rings. The zero-order valence-corrected chi connectivity index (χ0v) is 14.2. The Labute approximate surface area is 136 Å². The molecule has 0 saturated carbocycles. The largest absolute Gasteiger partial charge is 0.467 e. The Morgan fingerprint density at radius 1 is 1.22 bits per heavy atom. The average Bonchev–Trinajstić information content (AvgIpc) is 2.47. The molecule has 0 aliphatic rings. The highest BCUT2D eigenvalue weighted by atomic mass is 19.4. The van der Waals surface area contributed by atoms with Gasteiger partial charge in [-0.1, -0.05) is 31.9 Å². The molecular weight excluding hydrogens is 313 g/mol. The Morgan fingerprint density at radius 2 is 1.87 bits per heavy atom. The summed E-state index contributed by atoms with van der Waals surface area (Å²) in [7, 11) is 1.03. The molecule has 7 heteroatoms. The summed E-state index contributed by atoms with van der Waals surface area (Å²) in [5.41, 5.74) is 0. The molecule has 0 N–H and O–H groups in total. The average molecular weight is 340 g/mol. The van der Waals surface area contributed by atoms with Crippen LogP contribution in [0.4, 0.5) is 13.2 Å². The predicted molar refractivity (Wildman–Crippen MR) is 80.8 cm³/mol. The summed E-state index contributed by atoms with van der Waals surface area (Å²) >= 11 is 0. The van der Waals surface area contributed by atoms with Crippen LogP contribution in [0.15, 0.2) is 12.2 Å². The first-order valence-electron chi connectivity index (χ1n) is 7.86. The number of rotatable bonds is 11. The monoisotopic (exact) mass is 340 g/mol. The third-order valence-corrected chi connectivity index (χ3v) is 3.20. The molecule has 0 fully saturated rings. The SMILES string of the molecule is CCCCC/C=C/[C@H]([C@H](OC(C)OCC)C(=O)OC)C(F)(F)F. The van der Waals surface area contributed by atoms with E-state index in [0.29, 0.717) is 6.42 Å². The first-order valence-corrected chi connectivity index (χ1v) is 7.86. The zero-order valence-electron chi connectivity index (χ0n) is 14.2. The van der Waals surface area contributed by atoms with E-state index in [0.717, 1.165) is 32.4 Å². The minimum atomic E-state index is -4.62. The number of halogens is 3. The standard InChI is InChI=1S/C16H27F3O4/c1-5-7-8-9-10-11-13(16(17,18)19)14(15(20)21-4)23-12(3)22-6-2/h10-14H,5-9H2,1-4H3/b11-10+/t12?,13-,14+/m1/s1. The molecule has 136 valence electrons. The number of methoxy groups -OCH3 is 1. The van der Waals surface area contributed by atoms with Crippen molar-refractivity contribution in [1.82, 2.24) is 0 Å². The number of carbonyl (C=O) groups is 1. The molecule has 4 nitrogen and oxygen atoms in total. The highest BCUT2D eigenvalue weighted by Gasteiger charge is 2.47. The molecule has 0 aliphatic heterocycles. The van der Waals surface area contributed by atoms with Gasteiger partial charge in [0, 0.05) is 6.61 Å². The summed E-state index contributed by atoms with van der Waals surface area (Å²) in [6, 6.07) is 0. The van der Waals surface area contributed by atoms with Crippen molar-refractivity contribution < 1.29 is 32.2 Å². The number of unbranched alkanes of at least 4 members (excludes halogenated alkanes) is 3. The molecule has 0 heterocycles. The topological polar surface area (TPSA) is 44.8 Å². The Kier molecular flexibility index (Phi) is 10.9. The van der Waals surface area contributed by atoms with Crippen molar-refractivity contribution in [1.29, 1.82) is 0 Å². The zero-order chi connectivity index (χ0) is 17.9. The Morgan fingerprint density at radius 3 is 2.35 bits per heavy atom. The van der Waals surface area contributed by atoms with E-state index < -0.39 is 30.5 Å². The maximum absolute atomic E-state index is 13.3. The molecule has 3 atom stereocenters. The van der Waals surface area contributed by atoms with Gasteiger partial charge in [-0.25, -0.2) is 4.79 Å². The summed E-state index contributed by atoms with van der Waals surface area (Å²) in [5.74, 6) is -3.14. The van der Waals surface area contributed by atoms with Gasteiger partial charge in [-0.05, 0) is 26.7 Å². The van der Waals surface area contributed by atoms with Crippen LogP contribution in [-0.4, -0.2) is 38.3 Å². The van der Waals surface area contributed by atoms with E-state index in [2.05, 4.69) is 4.74 Å². The van der Waals surface area contributed by atoms with E-state index in [1.807, 2.05) is 6.92 Å². The first kappa shape index (κ1) is 21.9. The van der Waals surface area contributed by atoms with Crippen LogP contribution in [0.1, 0.15) is 46.5 Å². The highest BCUT2D eigenvalue weighted by molar-refractivity contribution is 5.75. The van der Waals surface area contributed by atoms with Gasteiger partial charge in [-0.3, -0.25) is 0 Å². The molecule has 0 amide bonds.